The van der Waals surface area contributed by atoms with Gasteiger partial charge in [0.2, 0.25) is 0 Å². The summed E-state index contributed by atoms with van der Waals surface area (Å²) in [5.41, 5.74) is -0.278. The Balaban J connectivity index is 0. The summed E-state index contributed by atoms with van der Waals surface area (Å²) in [6, 6.07) is 0. The average Bonchev–Trinajstić information content (AvgIpc) is 1.87. The summed E-state index contributed by atoms with van der Waals surface area (Å²) in [7, 11) is 0. The van der Waals surface area contributed by atoms with Gasteiger partial charge in [0, 0.05) is 6.42 Å². The van der Waals surface area contributed by atoms with Crippen LogP contribution in [-0.4, -0.2) is 23.5 Å². The minimum absolute atomic E-state index is 0. The molecule has 0 unspecified atom stereocenters. The average molecular weight is 166 g/mol. The fourth-order valence-corrected chi connectivity index (χ4v) is 0.384. The Kier molecular flexibility index (Phi) is 7.99. The van der Waals surface area contributed by atoms with Crippen molar-refractivity contribution < 1.29 is 49.4 Å². The van der Waals surface area contributed by atoms with Crippen LogP contribution in [0, 0.1) is 0 Å². The summed E-state index contributed by atoms with van der Waals surface area (Å²) in [5, 5.41) is 18.5. The molecule has 11 heavy (non-hydrogen) atoms. The van der Waals surface area contributed by atoms with Crippen molar-refractivity contribution in [1.29, 1.82) is 0 Å². The Morgan fingerprint density at radius 2 is 2.18 bits per heavy atom. The Morgan fingerprint density at radius 3 is 2.45 bits per heavy atom. The van der Waals surface area contributed by atoms with E-state index in [1.54, 1.807) is 0 Å². The number of carboxylic acid groups (broad SMARTS) is 1. The van der Waals surface area contributed by atoms with Crippen molar-refractivity contribution in [2.75, 3.05) is 0 Å². The summed E-state index contributed by atoms with van der Waals surface area (Å²) in [6.07, 6.45) is -1.31. The van der Waals surface area contributed by atoms with E-state index >= 15 is 0 Å². The topological polar surface area (TPSA) is 77.4 Å². The molecule has 0 amide bonds. The molecule has 0 aliphatic heterocycles. The van der Waals surface area contributed by atoms with E-state index in [4.69, 9.17) is 5.11 Å². The number of carbonyl (C=O) groups excluding carboxylic acids is 2. The van der Waals surface area contributed by atoms with Crippen molar-refractivity contribution in [2.45, 2.75) is 12.5 Å². The second kappa shape index (κ2) is 6.54. The van der Waals surface area contributed by atoms with Crippen LogP contribution in [0.25, 0.3) is 0 Å². The fourth-order valence-electron chi connectivity index (χ4n) is 0.384. The third-order valence-electron chi connectivity index (χ3n) is 0.901. The molecule has 0 aromatic heterocycles. The molecule has 0 fully saturated rings. The monoisotopic (exact) mass is 166 g/mol. The molecule has 0 aromatic rings. The van der Waals surface area contributed by atoms with Gasteiger partial charge in [0.25, 0.3) is 0 Å². The maximum atomic E-state index is 9.91. The molecule has 0 heterocycles. The zero-order valence-corrected chi connectivity index (χ0v) is 8.24. The normalized spacial score (nSPS) is 11.0. The van der Waals surface area contributed by atoms with Crippen molar-refractivity contribution >= 4 is 12.3 Å². The Morgan fingerprint density at radius 1 is 1.73 bits per heavy atom. The molecule has 0 aromatic carbocycles. The number of aldehydes is 1. The van der Waals surface area contributed by atoms with Gasteiger partial charge in [0.1, 0.15) is 12.4 Å². The molecule has 0 rings (SSSR count). The van der Waals surface area contributed by atoms with E-state index in [0.29, 0.717) is 0 Å². The molecule has 1 N–H and O–H groups in total. The molecule has 5 heteroatoms. The van der Waals surface area contributed by atoms with E-state index in [-0.39, 0.29) is 47.8 Å². The number of rotatable bonds is 4. The maximum Gasteiger partial charge on any atom is 1.00 e. The summed E-state index contributed by atoms with van der Waals surface area (Å²) in [5.74, 6) is -1.44. The van der Waals surface area contributed by atoms with Crippen LogP contribution in [0.1, 0.15) is 6.42 Å². The Labute approximate surface area is 86.2 Å². The molecule has 0 radical (unpaired) electrons. The Bertz CT molecular complexity index is 166. The smallest absolute Gasteiger partial charge is 0.545 e. The number of aliphatic hydroxyl groups excluding tert-OH is 1. The van der Waals surface area contributed by atoms with Gasteiger partial charge in [0.15, 0.2) is 0 Å². The predicted octanol–water partition coefficient (Wildman–Crippen LogP) is -4.75. The molecule has 4 nitrogen and oxygen atoms in total. The van der Waals surface area contributed by atoms with Crippen LogP contribution in [0.15, 0.2) is 12.2 Å². The second-order valence-corrected chi connectivity index (χ2v) is 1.80. The van der Waals surface area contributed by atoms with Gasteiger partial charge >= 0.3 is 29.6 Å². The van der Waals surface area contributed by atoms with Gasteiger partial charge in [-0.2, -0.15) is 0 Å². The largest absolute Gasteiger partial charge is 1.00 e. The number of carbonyl (C=O) groups is 2. The number of hydrogen-bond acceptors (Lipinski definition) is 4. The second-order valence-electron chi connectivity index (χ2n) is 1.80. The molecule has 0 saturated carbocycles. The van der Waals surface area contributed by atoms with Gasteiger partial charge in [-0.15, -0.1) is 0 Å². The van der Waals surface area contributed by atoms with Crippen LogP contribution in [0.3, 0.4) is 0 Å². The molecule has 56 valence electrons. The van der Waals surface area contributed by atoms with Gasteiger partial charge in [-0.05, 0) is 5.57 Å². The number of carboxylic acids is 1. The third-order valence-corrected chi connectivity index (χ3v) is 0.901. The van der Waals surface area contributed by atoms with E-state index in [0.717, 1.165) is 0 Å². The predicted molar refractivity (Wildman–Crippen MR) is 30.8 cm³/mol. The SMILES string of the molecule is C=C(C[C@@H](O)C=O)C(=O)[O-].[Na+]. The molecule has 1 atom stereocenters. The maximum absolute atomic E-state index is 9.91. The molecule has 0 bridgehead atoms. The van der Waals surface area contributed by atoms with Gasteiger partial charge in [-0.1, -0.05) is 6.58 Å². The van der Waals surface area contributed by atoms with E-state index in [1.807, 2.05) is 0 Å². The first-order chi connectivity index (χ1) is 4.57. The summed E-state index contributed by atoms with van der Waals surface area (Å²) in [6.45, 7) is 3.06. The first kappa shape index (κ1) is 13.4. The summed E-state index contributed by atoms with van der Waals surface area (Å²) in [4.78, 5) is 19.7. The van der Waals surface area contributed by atoms with Crippen LogP contribution in [0.4, 0.5) is 0 Å². The number of aliphatic hydroxyl groups is 1. The summed E-state index contributed by atoms with van der Waals surface area (Å²) < 4.78 is 0. The van der Waals surface area contributed by atoms with Crippen molar-refractivity contribution in [3.8, 4) is 0 Å². The van der Waals surface area contributed by atoms with Crippen molar-refractivity contribution in [1.82, 2.24) is 0 Å². The number of aliphatic carboxylic acids is 1. The molecular formula is C6H7NaO4. The number of hydrogen-bond donors (Lipinski definition) is 1. The van der Waals surface area contributed by atoms with Crippen LogP contribution >= 0.6 is 0 Å². The summed E-state index contributed by atoms with van der Waals surface area (Å²) >= 11 is 0. The first-order valence-corrected chi connectivity index (χ1v) is 2.60. The fraction of sp³-hybridized carbons (Fsp3) is 0.333. The van der Waals surface area contributed by atoms with E-state index < -0.39 is 12.1 Å². The third kappa shape index (κ3) is 6.25. The van der Waals surface area contributed by atoms with E-state index in [9.17, 15) is 14.7 Å². The van der Waals surface area contributed by atoms with E-state index in [1.165, 1.54) is 0 Å². The molecule has 0 saturated heterocycles. The minimum Gasteiger partial charge on any atom is -0.545 e. The van der Waals surface area contributed by atoms with Gasteiger partial charge in [-0.25, -0.2) is 0 Å². The first-order valence-electron chi connectivity index (χ1n) is 2.60. The van der Waals surface area contributed by atoms with Gasteiger partial charge in [0.05, 0.1) is 5.97 Å². The zero-order valence-electron chi connectivity index (χ0n) is 6.24. The van der Waals surface area contributed by atoms with Crippen LogP contribution in [0.5, 0.6) is 0 Å². The van der Waals surface area contributed by atoms with Gasteiger partial charge in [-0.3, -0.25) is 0 Å². The minimum atomic E-state index is -1.44. The van der Waals surface area contributed by atoms with Crippen LogP contribution in [0.2, 0.25) is 0 Å². The standard InChI is InChI=1S/C6H8O4.Na/c1-4(6(9)10)2-5(8)3-7;/h3,5,8H,1-2H2,(H,9,10);/q;+1/p-1/t5-;/m1./s1. The van der Waals surface area contributed by atoms with Gasteiger partial charge < -0.3 is 19.8 Å². The quantitative estimate of drug-likeness (QED) is 0.258. The van der Waals surface area contributed by atoms with Crippen molar-refractivity contribution in [2.24, 2.45) is 0 Å². The molecule has 0 aliphatic rings. The van der Waals surface area contributed by atoms with Crippen LogP contribution in [-0.2, 0) is 9.59 Å². The Hall–Kier alpha value is -0.160. The van der Waals surface area contributed by atoms with Crippen molar-refractivity contribution in [3.63, 3.8) is 0 Å². The molecular weight excluding hydrogens is 159 g/mol. The van der Waals surface area contributed by atoms with Crippen molar-refractivity contribution in [3.05, 3.63) is 12.2 Å². The molecule has 0 aliphatic carbocycles. The molecule has 0 spiro atoms. The van der Waals surface area contributed by atoms with E-state index in [2.05, 4.69) is 6.58 Å². The van der Waals surface area contributed by atoms with Crippen LogP contribution < -0.4 is 34.7 Å². The zero-order chi connectivity index (χ0) is 8.15.